The van der Waals surface area contributed by atoms with Gasteiger partial charge in [0.15, 0.2) is 0 Å². The van der Waals surface area contributed by atoms with Gasteiger partial charge in [-0.25, -0.2) is 4.39 Å². The number of aromatic nitrogens is 1. The van der Waals surface area contributed by atoms with Crippen molar-refractivity contribution in [2.24, 2.45) is 0 Å². The zero-order chi connectivity index (χ0) is 20.1. The summed E-state index contributed by atoms with van der Waals surface area (Å²) in [5.41, 5.74) is 3.27. The number of benzene rings is 3. The van der Waals surface area contributed by atoms with Crippen LogP contribution < -0.4 is 10.1 Å². The van der Waals surface area contributed by atoms with Crippen molar-refractivity contribution in [3.8, 4) is 5.75 Å². The Bertz CT molecular complexity index is 1150. The number of halogens is 1. The summed E-state index contributed by atoms with van der Waals surface area (Å²) in [6.45, 7) is 0.278. The molecule has 0 radical (unpaired) electrons. The van der Waals surface area contributed by atoms with E-state index in [1.807, 2.05) is 54.6 Å². The molecule has 29 heavy (non-hydrogen) atoms. The maximum atomic E-state index is 13.2. The van der Waals surface area contributed by atoms with Crippen LogP contribution in [0, 0.1) is 5.82 Å². The number of carbonyl (C=O) groups is 1. The first-order valence-electron chi connectivity index (χ1n) is 9.27. The fourth-order valence-corrected chi connectivity index (χ4v) is 3.15. The predicted octanol–water partition coefficient (Wildman–Crippen LogP) is 5.13. The fraction of sp³-hybridized carbons (Fsp3) is 0.0833. The van der Waals surface area contributed by atoms with Crippen LogP contribution in [0.4, 0.5) is 10.1 Å². The smallest absolute Gasteiger partial charge is 0.228 e. The van der Waals surface area contributed by atoms with Crippen LogP contribution in [0.15, 0.2) is 85.1 Å². The highest BCUT2D eigenvalue weighted by molar-refractivity contribution is 5.95. The number of nitrogens with zero attached hydrogens (tertiary/aromatic N) is 1. The minimum absolute atomic E-state index is 0.119. The molecule has 0 aliphatic carbocycles. The average molecular weight is 386 g/mol. The molecule has 1 amide bonds. The van der Waals surface area contributed by atoms with Crippen molar-refractivity contribution >= 4 is 22.5 Å². The van der Waals surface area contributed by atoms with Crippen LogP contribution in [0.1, 0.15) is 11.1 Å². The third-order valence-electron chi connectivity index (χ3n) is 4.48. The highest BCUT2D eigenvalue weighted by Crippen LogP contribution is 2.19. The number of hydrogen-bond acceptors (Lipinski definition) is 3. The number of hydrogen-bond donors (Lipinski definition) is 1. The molecule has 144 valence electrons. The predicted molar refractivity (Wildman–Crippen MR) is 111 cm³/mol. The number of para-hydroxylation sites is 1. The van der Waals surface area contributed by atoms with Gasteiger partial charge < -0.3 is 10.1 Å². The number of pyridine rings is 1. The Morgan fingerprint density at radius 2 is 1.79 bits per heavy atom. The highest BCUT2D eigenvalue weighted by atomic mass is 19.1. The highest BCUT2D eigenvalue weighted by Gasteiger charge is 2.09. The van der Waals surface area contributed by atoms with Crippen LogP contribution in [0.25, 0.3) is 10.9 Å². The van der Waals surface area contributed by atoms with E-state index in [1.165, 1.54) is 12.1 Å². The molecule has 1 aromatic heterocycles. The third-order valence-corrected chi connectivity index (χ3v) is 4.48. The maximum absolute atomic E-state index is 13.2. The van der Waals surface area contributed by atoms with Gasteiger partial charge in [0.2, 0.25) is 5.91 Å². The minimum Gasteiger partial charge on any atom is -0.489 e. The Kier molecular flexibility index (Phi) is 5.47. The van der Waals surface area contributed by atoms with Gasteiger partial charge in [-0.15, -0.1) is 0 Å². The van der Waals surface area contributed by atoms with Crippen molar-refractivity contribution in [1.82, 2.24) is 4.98 Å². The summed E-state index contributed by atoms with van der Waals surface area (Å²) >= 11 is 0. The Balaban J connectivity index is 1.41. The minimum atomic E-state index is -0.341. The van der Waals surface area contributed by atoms with E-state index in [9.17, 15) is 9.18 Å². The molecule has 1 heterocycles. The van der Waals surface area contributed by atoms with E-state index >= 15 is 0 Å². The molecule has 1 N–H and O–H groups in total. The number of fused-ring (bicyclic) bond motifs is 1. The summed E-state index contributed by atoms with van der Waals surface area (Å²) in [6.07, 6.45) is 1.96. The van der Waals surface area contributed by atoms with E-state index in [1.54, 1.807) is 18.3 Å². The Morgan fingerprint density at radius 1 is 0.966 bits per heavy atom. The second kappa shape index (κ2) is 8.52. The van der Waals surface area contributed by atoms with E-state index in [2.05, 4.69) is 10.3 Å². The summed E-state index contributed by atoms with van der Waals surface area (Å²) in [5.74, 6) is 0.000635. The van der Waals surface area contributed by atoms with Gasteiger partial charge in [-0.1, -0.05) is 42.5 Å². The maximum Gasteiger partial charge on any atom is 0.228 e. The number of amides is 1. The van der Waals surface area contributed by atoms with E-state index in [0.29, 0.717) is 11.4 Å². The first-order valence-corrected chi connectivity index (χ1v) is 9.27. The zero-order valence-electron chi connectivity index (χ0n) is 15.6. The van der Waals surface area contributed by atoms with Gasteiger partial charge in [-0.05, 0) is 41.5 Å². The van der Waals surface area contributed by atoms with E-state index < -0.39 is 0 Å². The van der Waals surface area contributed by atoms with Crippen LogP contribution in [0.3, 0.4) is 0 Å². The molecule has 0 saturated heterocycles. The van der Waals surface area contributed by atoms with Crippen LogP contribution in [-0.4, -0.2) is 10.9 Å². The van der Waals surface area contributed by atoms with Gasteiger partial charge in [-0.2, -0.15) is 0 Å². The molecule has 0 saturated carbocycles. The molecule has 0 aliphatic rings. The monoisotopic (exact) mass is 386 g/mol. The van der Waals surface area contributed by atoms with Crippen molar-refractivity contribution in [1.29, 1.82) is 0 Å². The lowest BCUT2D eigenvalue weighted by Gasteiger charge is -2.10. The molecule has 0 atom stereocenters. The largest absolute Gasteiger partial charge is 0.489 e. The Morgan fingerprint density at radius 3 is 2.69 bits per heavy atom. The SMILES string of the molecule is O=C(Cc1cccc2cccnc12)Nc1cccc(COc2cccc(F)c2)c1. The van der Waals surface area contributed by atoms with Crippen LogP contribution >= 0.6 is 0 Å². The van der Waals surface area contributed by atoms with Gasteiger partial charge in [0, 0.05) is 23.3 Å². The molecule has 0 fully saturated rings. The summed E-state index contributed by atoms with van der Waals surface area (Å²) < 4.78 is 18.9. The summed E-state index contributed by atoms with van der Waals surface area (Å²) in [5, 5.41) is 3.93. The third kappa shape index (κ3) is 4.76. The van der Waals surface area contributed by atoms with Crippen molar-refractivity contribution < 1.29 is 13.9 Å². The Labute approximate surface area is 168 Å². The van der Waals surface area contributed by atoms with Gasteiger partial charge in [0.05, 0.1) is 11.9 Å². The normalized spacial score (nSPS) is 10.7. The number of ether oxygens (including phenoxy) is 1. The molecule has 4 rings (SSSR count). The molecule has 0 aliphatic heterocycles. The molecule has 3 aromatic carbocycles. The topological polar surface area (TPSA) is 51.2 Å². The lowest BCUT2D eigenvalue weighted by molar-refractivity contribution is -0.115. The quantitative estimate of drug-likeness (QED) is 0.500. The summed E-state index contributed by atoms with van der Waals surface area (Å²) in [6, 6.07) is 23.1. The van der Waals surface area contributed by atoms with Crippen molar-refractivity contribution in [3.05, 3.63) is 102 Å². The second-order valence-electron chi connectivity index (χ2n) is 6.66. The van der Waals surface area contributed by atoms with Crippen molar-refractivity contribution in [3.63, 3.8) is 0 Å². The zero-order valence-corrected chi connectivity index (χ0v) is 15.6. The van der Waals surface area contributed by atoms with Crippen molar-refractivity contribution in [2.75, 3.05) is 5.32 Å². The van der Waals surface area contributed by atoms with Crippen LogP contribution in [-0.2, 0) is 17.8 Å². The second-order valence-corrected chi connectivity index (χ2v) is 6.66. The molecule has 0 bridgehead atoms. The number of rotatable bonds is 6. The fourth-order valence-electron chi connectivity index (χ4n) is 3.15. The molecular weight excluding hydrogens is 367 g/mol. The first-order chi connectivity index (χ1) is 14.2. The number of carbonyl (C=O) groups excluding carboxylic acids is 1. The standard InChI is InChI=1S/C24H19FN2O2/c25-20-9-3-11-22(15-20)29-16-17-5-1-10-21(13-17)27-23(28)14-19-7-2-6-18-8-4-12-26-24(18)19/h1-13,15H,14,16H2,(H,27,28). The molecular formula is C24H19FN2O2. The average Bonchev–Trinajstić information content (AvgIpc) is 2.73. The molecule has 4 nitrogen and oxygen atoms in total. The van der Waals surface area contributed by atoms with Gasteiger partial charge >= 0.3 is 0 Å². The lowest BCUT2D eigenvalue weighted by Crippen LogP contribution is -2.15. The first kappa shape index (κ1) is 18.6. The lowest BCUT2D eigenvalue weighted by atomic mass is 10.1. The molecule has 4 aromatic rings. The molecule has 0 unspecified atom stereocenters. The summed E-state index contributed by atoms with van der Waals surface area (Å²) in [7, 11) is 0. The van der Waals surface area contributed by atoms with Crippen LogP contribution in [0.5, 0.6) is 5.75 Å². The summed E-state index contributed by atoms with van der Waals surface area (Å²) in [4.78, 5) is 16.9. The Hall–Kier alpha value is -3.73. The van der Waals surface area contributed by atoms with E-state index in [4.69, 9.17) is 4.74 Å². The van der Waals surface area contributed by atoms with E-state index in [0.717, 1.165) is 22.0 Å². The number of anilines is 1. The molecule has 0 spiro atoms. The van der Waals surface area contributed by atoms with Crippen LogP contribution in [0.2, 0.25) is 0 Å². The van der Waals surface area contributed by atoms with Gasteiger partial charge in [0.25, 0.3) is 0 Å². The van der Waals surface area contributed by atoms with E-state index in [-0.39, 0.29) is 24.8 Å². The molecule has 5 heteroatoms. The van der Waals surface area contributed by atoms with Crippen molar-refractivity contribution in [2.45, 2.75) is 13.0 Å². The van der Waals surface area contributed by atoms with Gasteiger partial charge in [-0.3, -0.25) is 9.78 Å². The number of nitrogens with one attached hydrogen (secondary N) is 1. The van der Waals surface area contributed by atoms with Gasteiger partial charge in [0.1, 0.15) is 18.2 Å².